The third kappa shape index (κ3) is 2.73. The van der Waals surface area contributed by atoms with Crippen LogP contribution in [0.1, 0.15) is 5.69 Å². The number of hydrogen-bond donors (Lipinski definition) is 1. The minimum atomic E-state index is -2.93. The van der Waals surface area contributed by atoms with E-state index in [0.717, 1.165) is 5.69 Å². The van der Waals surface area contributed by atoms with Gasteiger partial charge in [0.05, 0.1) is 23.3 Å². The fraction of sp³-hybridized carbons (Fsp3) is 0.571. The van der Waals surface area contributed by atoms with Crippen molar-refractivity contribution in [3.63, 3.8) is 0 Å². The Morgan fingerprint density at radius 3 is 2.62 bits per heavy atom. The van der Waals surface area contributed by atoms with Crippen molar-refractivity contribution in [3.05, 3.63) is 11.9 Å². The van der Waals surface area contributed by atoms with Gasteiger partial charge in [0, 0.05) is 19.7 Å². The molecule has 0 unspecified atom stereocenters. The summed E-state index contributed by atoms with van der Waals surface area (Å²) in [6.07, 6.45) is 3.15. The fourth-order valence-corrected chi connectivity index (χ4v) is 1.63. The van der Waals surface area contributed by atoms with Crippen LogP contribution >= 0.6 is 0 Å². The van der Waals surface area contributed by atoms with E-state index in [4.69, 9.17) is 5.73 Å². The fourth-order valence-electron chi connectivity index (χ4n) is 1.07. The molecular formula is C7H13N3O2S. The van der Waals surface area contributed by atoms with Crippen LogP contribution in [0.5, 0.6) is 0 Å². The second-order valence-corrected chi connectivity index (χ2v) is 5.31. The van der Waals surface area contributed by atoms with Gasteiger partial charge in [0.25, 0.3) is 0 Å². The van der Waals surface area contributed by atoms with Gasteiger partial charge in [0.2, 0.25) is 0 Å². The SMILES string of the molecule is Cn1ncc(N)c1CCS(C)(=O)=O. The number of nitrogens with two attached hydrogens (primary N) is 1. The lowest BCUT2D eigenvalue weighted by atomic mass is 10.3. The van der Waals surface area contributed by atoms with E-state index in [-0.39, 0.29) is 5.75 Å². The highest BCUT2D eigenvalue weighted by Gasteiger charge is 2.09. The number of sulfone groups is 1. The van der Waals surface area contributed by atoms with Gasteiger partial charge < -0.3 is 5.73 Å². The first kappa shape index (κ1) is 10.0. The van der Waals surface area contributed by atoms with Gasteiger partial charge in [-0.2, -0.15) is 5.10 Å². The first-order chi connectivity index (χ1) is 5.90. The Labute approximate surface area is 77.5 Å². The van der Waals surface area contributed by atoms with Crippen molar-refractivity contribution in [1.82, 2.24) is 9.78 Å². The topological polar surface area (TPSA) is 78.0 Å². The third-order valence-electron chi connectivity index (χ3n) is 1.80. The Morgan fingerprint density at radius 2 is 2.23 bits per heavy atom. The van der Waals surface area contributed by atoms with E-state index in [1.807, 2.05) is 0 Å². The monoisotopic (exact) mass is 203 g/mol. The van der Waals surface area contributed by atoms with Crippen LogP contribution in [-0.2, 0) is 23.3 Å². The van der Waals surface area contributed by atoms with Crippen LogP contribution in [0.3, 0.4) is 0 Å². The number of anilines is 1. The lowest BCUT2D eigenvalue weighted by molar-refractivity contribution is 0.599. The number of nitrogen functional groups attached to an aromatic ring is 1. The van der Waals surface area contributed by atoms with E-state index < -0.39 is 9.84 Å². The van der Waals surface area contributed by atoms with Crippen LogP contribution in [0.4, 0.5) is 5.69 Å². The summed E-state index contributed by atoms with van der Waals surface area (Å²) in [5, 5.41) is 3.91. The van der Waals surface area contributed by atoms with Gasteiger partial charge in [0.1, 0.15) is 9.84 Å². The van der Waals surface area contributed by atoms with Crippen LogP contribution in [0.2, 0.25) is 0 Å². The molecule has 0 aliphatic heterocycles. The molecule has 1 heterocycles. The molecule has 0 atom stereocenters. The molecule has 0 spiro atoms. The lowest BCUT2D eigenvalue weighted by Gasteiger charge is -2.01. The quantitative estimate of drug-likeness (QED) is 0.724. The maximum Gasteiger partial charge on any atom is 0.147 e. The van der Waals surface area contributed by atoms with Crippen LogP contribution in [-0.4, -0.2) is 30.2 Å². The third-order valence-corrected chi connectivity index (χ3v) is 2.75. The molecule has 0 aliphatic carbocycles. The Morgan fingerprint density at radius 1 is 1.62 bits per heavy atom. The van der Waals surface area contributed by atoms with Crippen LogP contribution in [0.25, 0.3) is 0 Å². The average Bonchev–Trinajstić information content (AvgIpc) is 2.27. The van der Waals surface area contributed by atoms with Gasteiger partial charge in [-0.05, 0) is 0 Å². The van der Waals surface area contributed by atoms with E-state index in [1.54, 1.807) is 11.7 Å². The number of nitrogens with zero attached hydrogens (tertiary/aromatic N) is 2. The predicted molar refractivity (Wildman–Crippen MR) is 51.0 cm³/mol. The van der Waals surface area contributed by atoms with Crippen LogP contribution in [0.15, 0.2) is 6.20 Å². The van der Waals surface area contributed by atoms with Crippen molar-refractivity contribution in [3.8, 4) is 0 Å². The van der Waals surface area contributed by atoms with Crippen molar-refractivity contribution in [2.24, 2.45) is 7.05 Å². The van der Waals surface area contributed by atoms with Crippen molar-refractivity contribution in [1.29, 1.82) is 0 Å². The highest BCUT2D eigenvalue weighted by atomic mass is 32.2. The zero-order valence-electron chi connectivity index (χ0n) is 7.69. The summed E-state index contributed by atoms with van der Waals surface area (Å²) >= 11 is 0. The minimum absolute atomic E-state index is 0.108. The molecule has 0 saturated carbocycles. The molecule has 0 radical (unpaired) electrons. The van der Waals surface area contributed by atoms with E-state index in [2.05, 4.69) is 5.10 Å². The van der Waals surface area contributed by atoms with E-state index in [1.165, 1.54) is 12.5 Å². The smallest absolute Gasteiger partial charge is 0.147 e. The standard InChI is InChI=1S/C7H13N3O2S/c1-10-7(6(8)5-9-10)3-4-13(2,11)12/h5H,3-4,8H2,1-2H3. The maximum atomic E-state index is 10.9. The molecule has 0 saturated heterocycles. The highest BCUT2D eigenvalue weighted by molar-refractivity contribution is 7.90. The summed E-state index contributed by atoms with van der Waals surface area (Å²) in [6.45, 7) is 0. The van der Waals surface area contributed by atoms with Crippen LogP contribution < -0.4 is 5.73 Å². The van der Waals surface area contributed by atoms with E-state index in [0.29, 0.717) is 12.1 Å². The second-order valence-electron chi connectivity index (χ2n) is 3.05. The van der Waals surface area contributed by atoms with Crippen LogP contribution in [0, 0.1) is 0 Å². The predicted octanol–water partition coefficient (Wildman–Crippen LogP) is -0.411. The van der Waals surface area contributed by atoms with Gasteiger partial charge in [-0.25, -0.2) is 8.42 Å². The normalized spacial score (nSPS) is 11.8. The molecule has 5 nitrogen and oxygen atoms in total. The van der Waals surface area contributed by atoms with Gasteiger partial charge in [-0.15, -0.1) is 0 Å². The Bertz CT molecular complexity index is 374. The summed E-state index contributed by atoms with van der Waals surface area (Å²) in [5.41, 5.74) is 6.91. The molecule has 6 heteroatoms. The zero-order valence-corrected chi connectivity index (χ0v) is 8.50. The molecule has 1 aromatic heterocycles. The molecule has 0 fully saturated rings. The summed E-state index contributed by atoms with van der Waals surface area (Å²) in [4.78, 5) is 0. The molecule has 74 valence electrons. The second kappa shape index (κ2) is 3.37. The number of hydrogen-bond acceptors (Lipinski definition) is 4. The summed E-state index contributed by atoms with van der Waals surface area (Å²) in [6, 6.07) is 0. The summed E-state index contributed by atoms with van der Waals surface area (Å²) in [5.74, 6) is 0.108. The van der Waals surface area contributed by atoms with Crippen molar-refractivity contribution in [2.45, 2.75) is 6.42 Å². The Balaban J connectivity index is 2.75. The summed E-state index contributed by atoms with van der Waals surface area (Å²) < 4.78 is 23.4. The Kier molecular flexibility index (Phi) is 2.60. The molecule has 1 rings (SSSR count). The lowest BCUT2D eigenvalue weighted by Crippen LogP contribution is -2.10. The van der Waals surface area contributed by atoms with Gasteiger partial charge in [-0.3, -0.25) is 4.68 Å². The number of aromatic nitrogens is 2. The molecule has 0 aromatic carbocycles. The van der Waals surface area contributed by atoms with Gasteiger partial charge in [0.15, 0.2) is 0 Å². The Hall–Kier alpha value is -1.04. The first-order valence-corrected chi connectivity index (χ1v) is 5.90. The highest BCUT2D eigenvalue weighted by Crippen LogP contribution is 2.10. The first-order valence-electron chi connectivity index (χ1n) is 3.84. The molecule has 0 aliphatic rings. The largest absolute Gasteiger partial charge is 0.396 e. The van der Waals surface area contributed by atoms with Crippen molar-refractivity contribution < 1.29 is 8.42 Å². The summed E-state index contributed by atoms with van der Waals surface area (Å²) in [7, 11) is -1.19. The molecule has 0 bridgehead atoms. The average molecular weight is 203 g/mol. The molecule has 1 aromatic rings. The molecule has 13 heavy (non-hydrogen) atoms. The van der Waals surface area contributed by atoms with E-state index in [9.17, 15) is 8.42 Å². The van der Waals surface area contributed by atoms with Gasteiger partial charge >= 0.3 is 0 Å². The number of aryl methyl sites for hydroxylation is 1. The molecular weight excluding hydrogens is 190 g/mol. The zero-order chi connectivity index (χ0) is 10.1. The van der Waals surface area contributed by atoms with E-state index >= 15 is 0 Å². The molecule has 0 amide bonds. The minimum Gasteiger partial charge on any atom is -0.396 e. The van der Waals surface area contributed by atoms with Crippen molar-refractivity contribution >= 4 is 15.5 Å². The van der Waals surface area contributed by atoms with Gasteiger partial charge in [-0.1, -0.05) is 0 Å². The number of rotatable bonds is 3. The molecule has 2 N–H and O–H groups in total. The van der Waals surface area contributed by atoms with Crippen molar-refractivity contribution in [2.75, 3.05) is 17.7 Å². The maximum absolute atomic E-state index is 10.9.